The van der Waals surface area contributed by atoms with Gasteiger partial charge in [0, 0.05) is 19.3 Å². The number of carbonyl (C=O) groups excluding carboxylic acids is 3. The second kappa shape index (κ2) is 68.6. The van der Waals surface area contributed by atoms with E-state index in [0.29, 0.717) is 19.3 Å². The molecule has 0 rings (SSSR count). The van der Waals surface area contributed by atoms with Crippen molar-refractivity contribution in [1.29, 1.82) is 0 Å². The molecule has 81 heavy (non-hydrogen) atoms. The molecule has 6 nitrogen and oxygen atoms in total. The average molecular weight is 1130 g/mol. The van der Waals surface area contributed by atoms with Gasteiger partial charge in [0.05, 0.1) is 0 Å². The van der Waals surface area contributed by atoms with Gasteiger partial charge in [-0.2, -0.15) is 0 Å². The van der Waals surface area contributed by atoms with E-state index in [9.17, 15) is 14.4 Å². The molecule has 0 aliphatic heterocycles. The lowest BCUT2D eigenvalue weighted by molar-refractivity contribution is -0.167. The Morgan fingerprint density at radius 3 is 0.815 bits per heavy atom. The summed E-state index contributed by atoms with van der Waals surface area (Å²) in [7, 11) is 0. The fourth-order valence-corrected chi connectivity index (χ4v) is 9.60. The first-order valence-corrected chi connectivity index (χ1v) is 34.4. The Labute approximate surface area is 501 Å². The van der Waals surface area contributed by atoms with Gasteiger partial charge in [-0.15, -0.1) is 0 Å². The van der Waals surface area contributed by atoms with Crippen LogP contribution in [0.5, 0.6) is 0 Å². The zero-order valence-electron chi connectivity index (χ0n) is 53.3. The van der Waals surface area contributed by atoms with Crippen LogP contribution in [-0.4, -0.2) is 37.2 Å². The second-order valence-corrected chi connectivity index (χ2v) is 22.7. The molecule has 0 radical (unpaired) electrons. The van der Waals surface area contributed by atoms with Crippen LogP contribution in [0.3, 0.4) is 0 Å². The first-order chi connectivity index (χ1) is 40.0. The predicted octanol–water partition coefficient (Wildman–Crippen LogP) is 23.8. The normalized spacial score (nSPS) is 12.8. The summed E-state index contributed by atoms with van der Waals surface area (Å²) < 4.78 is 16.9. The summed E-state index contributed by atoms with van der Waals surface area (Å²) >= 11 is 0. The minimum absolute atomic E-state index is 0.0827. The highest BCUT2D eigenvalue weighted by atomic mass is 16.6. The molecule has 6 heteroatoms. The third-order valence-electron chi connectivity index (χ3n) is 14.7. The predicted molar refractivity (Wildman–Crippen MR) is 353 cm³/mol. The highest BCUT2D eigenvalue weighted by Gasteiger charge is 2.19. The van der Waals surface area contributed by atoms with E-state index in [1.807, 2.05) is 0 Å². The minimum atomic E-state index is -0.787. The Kier molecular flexibility index (Phi) is 65.2. The van der Waals surface area contributed by atoms with Gasteiger partial charge in [0.15, 0.2) is 6.10 Å². The molecule has 0 aromatic carbocycles. The number of ether oxygens (including phenoxy) is 3. The second-order valence-electron chi connectivity index (χ2n) is 22.7. The van der Waals surface area contributed by atoms with Crippen LogP contribution in [0.1, 0.15) is 329 Å². The molecule has 0 aromatic heterocycles. The highest BCUT2D eigenvalue weighted by Crippen LogP contribution is 2.17. The van der Waals surface area contributed by atoms with Crippen LogP contribution in [0.25, 0.3) is 0 Å². The van der Waals surface area contributed by atoms with E-state index in [4.69, 9.17) is 14.2 Å². The summed E-state index contributed by atoms with van der Waals surface area (Å²) in [5, 5.41) is 0. The molecule has 1 atom stereocenters. The lowest BCUT2D eigenvalue weighted by Crippen LogP contribution is -2.30. The minimum Gasteiger partial charge on any atom is -0.462 e. The zero-order chi connectivity index (χ0) is 58.5. The van der Waals surface area contributed by atoms with Gasteiger partial charge in [-0.25, -0.2) is 0 Å². The average Bonchev–Trinajstić information content (AvgIpc) is 3.46. The van der Waals surface area contributed by atoms with Gasteiger partial charge in [-0.3, -0.25) is 14.4 Å². The Morgan fingerprint density at radius 2 is 0.506 bits per heavy atom. The number of rotatable bonds is 62. The first kappa shape index (κ1) is 77.1. The van der Waals surface area contributed by atoms with Crippen LogP contribution < -0.4 is 0 Å². The number of hydrogen-bond donors (Lipinski definition) is 0. The molecule has 1 unspecified atom stereocenters. The monoisotopic (exact) mass is 1120 g/mol. The van der Waals surface area contributed by atoms with Crippen molar-refractivity contribution in [2.75, 3.05) is 13.2 Å². The summed E-state index contributed by atoms with van der Waals surface area (Å²) in [6, 6.07) is 0. The van der Waals surface area contributed by atoms with Gasteiger partial charge < -0.3 is 14.2 Å². The number of esters is 3. The Balaban J connectivity index is 4.21. The Morgan fingerprint density at radius 1 is 0.259 bits per heavy atom. The summed E-state index contributed by atoms with van der Waals surface area (Å²) in [5.74, 6) is -0.891. The van der Waals surface area contributed by atoms with E-state index < -0.39 is 6.10 Å². The molecular formula is C75H128O6. The molecule has 0 fully saturated rings. The summed E-state index contributed by atoms with van der Waals surface area (Å²) in [5.41, 5.74) is 0. The first-order valence-electron chi connectivity index (χ1n) is 34.4. The molecule has 0 heterocycles. The molecule has 0 saturated heterocycles. The SMILES string of the molecule is CC/C=C\C/C=C\C/C=C\C/C=C\C/C=C\C/C=C\CCCCCCCCCCCCCCCCC(=O)OCC(COC(=O)CCCCCCC/C=C\C/C=C\CCC)OC(=O)CCCCCCCCC/C=C\CCCCCCCC. The van der Waals surface area contributed by atoms with Crippen LogP contribution in [0.4, 0.5) is 0 Å². The maximum absolute atomic E-state index is 12.9. The van der Waals surface area contributed by atoms with Crippen molar-refractivity contribution in [3.63, 3.8) is 0 Å². The van der Waals surface area contributed by atoms with E-state index in [1.165, 1.54) is 161 Å². The van der Waals surface area contributed by atoms with E-state index in [2.05, 4.69) is 130 Å². The summed E-state index contributed by atoms with van der Waals surface area (Å²) in [4.78, 5) is 38.3. The molecule has 0 aliphatic rings. The third-order valence-corrected chi connectivity index (χ3v) is 14.7. The van der Waals surface area contributed by atoms with Crippen molar-refractivity contribution in [1.82, 2.24) is 0 Å². The fraction of sp³-hybridized carbons (Fsp3) is 0.720. The van der Waals surface area contributed by atoms with Gasteiger partial charge >= 0.3 is 17.9 Å². The maximum atomic E-state index is 12.9. The maximum Gasteiger partial charge on any atom is 0.306 e. The Hall–Kier alpha value is -3.93. The third kappa shape index (κ3) is 66.8. The van der Waals surface area contributed by atoms with E-state index in [1.54, 1.807) is 0 Å². The van der Waals surface area contributed by atoms with Crippen molar-refractivity contribution >= 4 is 17.9 Å². The van der Waals surface area contributed by atoms with E-state index in [0.717, 1.165) is 128 Å². The smallest absolute Gasteiger partial charge is 0.306 e. The number of carbonyl (C=O) groups is 3. The largest absolute Gasteiger partial charge is 0.462 e. The summed E-state index contributed by atoms with van der Waals surface area (Å²) in [6.45, 7) is 6.47. The van der Waals surface area contributed by atoms with Crippen molar-refractivity contribution in [3.05, 3.63) is 109 Å². The van der Waals surface area contributed by atoms with Crippen LogP contribution >= 0.6 is 0 Å². The van der Waals surface area contributed by atoms with Crippen LogP contribution in [-0.2, 0) is 28.6 Å². The van der Waals surface area contributed by atoms with Gasteiger partial charge in [-0.05, 0) is 122 Å². The molecule has 0 aliphatic carbocycles. The van der Waals surface area contributed by atoms with E-state index in [-0.39, 0.29) is 31.1 Å². The summed E-state index contributed by atoms with van der Waals surface area (Å²) in [6.07, 6.45) is 94.0. The van der Waals surface area contributed by atoms with Crippen LogP contribution in [0, 0.1) is 0 Å². The standard InChI is InChI=1S/C75H128O6/c1-4-7-10-13-16-19-22-25-27-29-30-31-32-33-34-35-36-37-38-39-40-41-42-43-44-46-47-50-53-56-59-62-65-68-74(77)80-71-72(70-79-73(76)67-64-61-58-55-52-49-24-21-18-15-12-9-6-3)81-75(78)69-66-63-60-57-54-51-48-45-28-26-23-20-17-14-11-8-5-2/h7,10,12,15-16,19,21,24-28,30-31,33-34,36-37,72H,4-6,8-9,11,13-14,17-18,20,22-23,29,32,35,38-71H2,1-3H3/b10-7-,15-12-,19-16-,24-21-,27-25-,28-26-,31-30-,34-33-,37-36-. The molecule has 0 amide bonds. The Bertz CT molecular complexity index is 1620. The topological polar surface area (TPSA) is 78.9 Å². The molecule has 0 saturated carbocycles. The quantitative estimate of drug-likeness (QED) is 0.0261. The molecule has 464 valence electrons. The fourth-order valence-electron chi connectivity index (χ4n) is 9.60. The van der Waals surface area contributed by atoms with Gasteiger partial charge in [-0.1, -0.05) is 297 Å². The van der Waals surface area contributed by atoms with Crippen LogP contribution in [0.2, 0.25) is 0 Å². The van der Waals surface area contributed by atoms with Crippen molar-refractivity contribution in [2.24, 2.45) is 0 Å². The van der Waals surface area contributed by atoms with Crippen molar-refractivity contribution in [2.45, 2.75) is 335 Å². The van der Waals surface area contributed by atoms with Crippen LogP contribution in [0.15, 0.2) is 109 Å². The van der Waals surface area contributed by atoms with Gasteiger partial charge in [0.2, 0.25) is 0 Å². The number of unbranched alkanes of at least 4 members (excludes halogenated alkanes) is 33. The van der Waals surface area contributed by atoms with Crippen molar-refractivity contribution in [3.8, 4) is 0 Å². The van der Waals surface area contributed by atoms with Crippen molar-refractivity contribution < 1.29 is 28.6 Å². The highest BCUT2D eigenvalue weighted by molar-refractivity contribution is 5.71. The van der Waals surface area contributed by atoms with Gasteiger partial charge in [0.1, 0.15) is 13.2 Å². The lowest BCUT2D eigenvalue weighted by Gasteiger charge is -2.18. The molecular weight excluding hydrogens is 997 g/mol. The molecule has 0 aromatic rings. The lowest BCUT2D eigenvalue weighted by atomic mass is 10.0. The number of hydrogen-bond acceptors (Lipinski definition) is 6. The number of allylic oxidation sites excluding steroid dienone is 18. The molecule has 0 spiro atoms. The zero-order valence-corrected chi connectivity index (χ0v) is 53.3. The molecule has 0 N–H and O–H groups in total. The van der Waals surface area contributed by atoms with Gasteiger partial charge in [0.25, 0.3) is 0 Å². The van der Waals surface area contributed by atoms with E-state index >= 15 is 0 Å². The molecule has 0 bridgehead atoms.